The number of nitrogens with one attached hydrogen (secondary N) is 1. The van der Waals surface area contributed by atoms with Crippen LogP contribution in [0.2, 0.25) is 0 Å². The van der Waals surface area contributed by atoms with Crippen molar-refractivity contribution < 1.29 is 19.0 Å². The summed E-state index contributed by atoms with van der Waals surface area (Å²) in [6.07, 6.45) is -0.680. The van der Waals surface area contributed by atoms with E-state index in [1.54, 1.807) is 13.0 Å². The number of amides is 1. The number of hydrogen-bond donors (Lipinski definition) is 2. The Kier molecular flexibility index (Phi) is 6.62. The topological polar surface area (TPSA) is 58.6 Å². The van der Waals surface area contributed by atoms with Crippen LogP contribution in [0, 0.1) is 11.7 Å². The number of halogens is 1. The lowest BCUT2D eigenvalue weighted by molar-refractivity contribution is -0.127. The number of aliphatic hydroxyl groups excluding tert-OH is 1. The SMILES string of the molecule is CC(C)CCNC(=O)C(C)Oc1ccc([C@H](C)O)c(F)c1. The molecule has 0 radical (unpaired) electrons. The molecule has 0 saturated heterocycles. The molecule has 0 aliphatic heterocycles. The molecule has 2 atom stereocenters. The summed E-state index contributed by atoms with van der Waals surface area (Å²) in [4.78, 5) is 11.8. The third-order valence-electron chi connectivity index (χ3n) is 3.13. The lowest BCUT2D eigenvalue weighted by atomic mass is 10.1. The smallest absolute Gasteiger partial charge is 0.260 e. The summed E-state index contributed by atoms with van der Waals surface area (Å²) in [5.74, 6) is 0.0117. The Morgan fingerprint density at radius 2 is 2.00 bits per heavy atom. The van der Waals surface area contributed by atoms with Gasteiger partial charge in [-0.05, 0) is 38.3 Å². The highest BCUT2D eigenvalue weighted by Crippen LogP contribution is 2.22. The van der Waals surface area contributed by atoms with Gasteiger partial charge in [0.2, 0.25) is 0 Å². The van der Waals surface area contributed by atoms with E-state index < -0.39 is 18.0 Å². The zero-order valence-electron chi connectivity index (χ0n) is 13.0. The molecular formula is C16H24FNO3. The van der Waals surface area contributed by atoms with Gasteiger partial charge >= 0.3 is 0 Å². The molecule has 0 aromatic heterocycles. The fourth-order valence-corrected chi connectivity index (χ4v) is 1.81. The first-order valence-electron chi connectivity index (χ1n) is 7.23. The van der Waals surface area contributed by atoms with Crippen molar-refractivity contribution >= 4 is 5.91 Å². The molecule has 0 aliphatic rings. The minimum Gasteiger partial charge on any atom is -0.481 e. The van der Waals surface area contributed by atoms with Gasteiger partial charge in [0.15, 0.2) is 6.10 Å². The van der Waals surface area contributed by atoms with Crippen molar-refractivity contribution in [1.82, 2.24) is 5.32 Å². The van der Waals surface area contributed by atoms with E-state index in [0.717, 1.165) is 6.42 Å². The van der Waals surface area contributed by atoms with Crippen LogP contribution in [0.25, 0.3) is 0 Å². The van der Waals surface area contributed by atoms with Gasteiger partial charge in [-0.1, -0.05) is 13.8 Å². The van der Waals surface area contributed by atoms with Gasteiger partial charge in [-0.15, -0.1) is 0 Å². The Labute approximate surface area is 125 Å². The van der Waals surface area contributed by atoms with Crippen LogP contribution in [-0.2, 0) is 4.79 Å². The van der Waals surface area contributed by atoms with Gasteiger partial charge in [-0.3, -0.25) is 4.79 Å². The Balaban J connectivity index is 2.56. The Hall–Kier alpha value is -1.62. The summed E-state index contributed by atoms with van der Waals surface area (Å²) in [7, 11) is 0. The third-order valence-corrected chi connectivity index (χ3v) is 3.13. The predicted octanol–water partition coefficient (Wildman–Crippen LogP) is 2.81. The summed E-state index contributed by atoms with van der Waals surface area (Å²) in [5.41, 5.74) is 0.205. The number of hydrogen-bond acceptors (Lipinski definition) is 3. The number of ether oxygens (including phenoxy) is 1. The second kappa shape index (κ2) is 7.98. The molecule has 118 valence electrons. The monoisotopic (exact) mass is 297 g/mol. The van der Waals surface area contributed by atoms with E-state index in [1.165, 1.54) is 19.1 Å². The molecule has 0 saturated carbocycles. The van der Waals surface area contributed by atoms with Crippen molar-refractivity contribution in [2.45, 2.75) is 46.3 Å². The highest BCUT2D eigenvalue weighted by molar-refractivity contribution is 5.80. The van der Waals surface area contributed by atoms with Crippen LogP contribution in [-0.4, -0.2) is 23.7 Å². The van der Waals surface area contributed by atoms with E-state index >= 15 is 0 Å². The molecule has 0 spiro atoms. The average Bonchev–Trinajstić information content (AvgIpc) is 2.37. The molecule has 1 aromatic carbocycles. The lowest BCUT2D eigenvalue weighted by Crippen LogP contribution is -2.37. The maximum absolute atomic E-state index is 13.7. The summed E-state index contributed by atoms with van der Waals surface area (Å²) < 4.78 is 19.1. The van der Waals surface area contributed by atoms with Crippen LogP contribution >= 0.6 is 0 Å². The number of carbonyl (C=O) groups is 1. The second-order valence-corrected chi connectivity index (χ2v) is 5.59. The van der Waals surface area contributed by atoms with Gasteiger partial charge in [0.25, 0.3) is 5.91 Å². The van der Waals surface area contributed by atoms with Crippen LogP contribution < -0.4 is 10.1 Å². The van der Waals surface area contributed by atoms with E-state index in [9.17, 15) is 14.3 Å². The van der Waals surface area contributed by atoms with Gasteiger partial charge in [-0.25, -0.2) is 4.39 Å². The standard InChI is InChI=1S/C16H24FNO3/c1-10(2)7-8-18-16(20)12(4)21-13-5-6-14(11(3)19)15(17)9-13/h5-6,9-12,19H,7-8H2,1-4H3,(H,18,20)/t11-,12?/m0/s1. The molecule has 1 amide bonds. The van der Waals surface area contributed by atoms with Crippen LogP contribution in [0.1, 0.15) is 45.8 Å². The van der Waals surface area contributed by atoms with Crippen molar-refractivity contribution in [3.8, 4) is 5.75 Å². The Bertz CT molecular complexity index is 475. The van der Waals surface area contributed by atoms with Crippen molar-refractivity contribution in [3.63, 3.8) is 0 Å². The molecule has 1 aromatic rings. The first-order chi connectivity index (χ1) is 9.81. The number of aliphatic hydroxyl groups is 1. The molecule has 21 heavy (non-hydrogen) atoms. The average molecular weight is 297 g/mol. The first-order valence-corrected chi connectivity index (χ1v) is 7.23. The highest BCUT2D eigenvalue weighted by Gasteiger charge is 2.16. The molecule has 5 heteroatoms. The summed E-state index contributed by atoms with van der Waals surface area (Å²) in [6, 6.07) is 4.18. The van der Waals surface area contributed by atoms with Crippen molar-refractivity contribution in [2.75, 3.05) is 6.54 Å². The molecule has 0 fully saturated rings. The highest BCUT2D eigenvalue weighted by atomic mass is 19.1. The lowest BCUT2D eigenvalue weighted by Gasteiger charge is -2.16. The third kappa shape index (κ3) is 5.71. The van der Waals surface area contributed by atoms with E-state index in [0.29, 0.717) is 12.5 Å². The molecule has 2 N–H and O–H groups in total. The Morgan fingerprint density at radius 1 is 1.33 bits per heavy atom. The van der Waals surface area contributed by atoms with Gasteiger partial charge in [0, 0.05) is 18.2 Å². The maximum Gasteiger partial charge on any atom is 0.260 e. The second-order valence-electron chi connectivity index (χ2n) is 5.59. The molecule has 0 aliphatic carbocycles. The van der Waals surface area contributed by atoms with Gasteiger partial charge in [0.1, 0.15) is 11.6 Å². The van der Waals surface area contributed by atoms with Crippen molar-refractivity contribution in [1.29, 1.82) is 0 Å². The largest absolute Gasteiger partial charge is 0.481 e. The predicted molar refractivity (Wildman–Crippen MR) is 79.6 cm³/mol. The van der Waals surface area contributed by atoms with Gasteiger partial charge in [0.05, 0.1) is 6.10 Å². The van der Waals surface area contributed by atoms with Crippen molar-refractivity contribution in [3.05, 3.63) is 29.6 Å². The van der Waals surface area contributed by atoms with Crippen LogP contribution in [0.5, 0.6) is 5.75 Å². The Morgan fingerprint density at radius 3 is 2.52 bits per heavy atom. The number of carbonyl (C=O) groups excluding carboxylic acids is 1. The maximum atomic E-state index is 13.7. The first kappa shape index (κ1) is 17.4. The zero-order valence-corrected chi connectivity index (χ0v) is 13.0. The van der Waals surface area contributed by atoms with E-state index in [4.69, 9.17) is 4.74 Å². The summed E-state index contributed by atoms with van der Waals surface area (Å²) >= 11 is 0. The normalized spacial score (nSPS) is 13.9. The minimum absolute atomic E-state index is 0.205. The molecule has 0 bridgehead atoms. The molecule has 1 rings (SSSR count). The summed E-state index contributed by atoms with van der Waals surface area (Å²) in [5, 5.41) is 12.1. The fraction of sp³-hybridized carbons (Fsp3) is 0.562. The van der Waals surface area contributed by atoms with E-state index in [-0.39, 0.29) is 17.2 Å². The van der Waals surface area contributed by atoms with Gasteiger partial charge < -0.3 is 15.2 Å². The molecular weight excluding hydrogens is 273 g/mol. The van der Waals surface area contributed by atoms with Gasteiger partial charge in [-0.2, -0.15) is 0 Å². The van der Waals surface area contributed by atoms with Crippen LogP contribution in [0.3, 0.4) is 0 Å². The fourth-order valence-electron chi connectivity index (χ4n) is 1.81. The number of rotatable bonds is 7. The quantitative estimate of drug-likeness (QED) is 0.813. The minimum atomic E-state index is -0.879. The van der Waals surface area contributed by atoms with E-state index in [1.807, 2.05) is 0 Å². The van der Waals surface area contributed by atoms with Crippen molar-refractivity contribution in [2.24, 2.45) is 5.92 Å². The van der Waals surface area contributed by atoms with E-state index in [2.05, 4.69) is 19.2 Å². The molecule has 0 heterocycles. The molecule has 4 nitrogen and oxygen atoms in total. The summed E-state index contributed by atoms with van der Waals surface area (Å²) in [6.45, 7) is 7.87. The zero-order chi connectivity index (χ0) is 16.0. The molecule has 1 unspecified atom stereocenters. The number of benzene rings is 1. The van der Waals surface area contributed by atoms with Crippen LogP contribution in [0.15, 0.2) is 18.2 Å². The van der Waals surface area contributed by atoms with Crippen LogP contribution in [0.4, 0.5) is 4.39 Å².